The second kappa shape index (κ2) is 4.66. The summed E-state index contributed by atoms with van der Waals surface area (Å²) in [5, 5.41) is 4.36. The molecule has 2 aromatic heterocycles. The van der Waals surface area contributed by atoms with Gasteiger partial charge in [-0.2, -0.15) is 4.98 Å². The van der Waals surface area contributed by atoms with Crippen LogP contribution in [0.4, 0.5) is 5.69 Å². The first-order valence-electron chi connectivity index (χ1n) is 5.39. The van der Waals surface area contributed by atoms with Crippen LogP contribution in [0.1, 0.15) is 0 Å². The van der Waals surface area contributed by atoms with E-state index >= 15 is 0 Å². The van der Waals surface area contributed by atoms with Gasteiger partial charge in [-0.15, -0.1) is 0 Å². The van der Waals surface area contributed by atoms with Gasteiger partial charge in [-0.25, -0.2) is 4.98 Å². The molecule has 0 atom stereocenters. The lowest BCUT2D eigenvalue weighted by molar-refractivity contribution is 0.432. The number of aromatic nitrogens is 4. The van der Waals surface area contributed by atoms with Gasteiger partial charge in [0.15, 0.2) is 0 Å². The molecule has 2 heterocycles. The van der Waals surface area contributed by atoms with E-state index in [1.165, 1.54) is 0 Å². The molecular formula is C12H8ClN5O. The molecule has 0 saturated heterocycles. The van der Waals surface area contributed by atoms with Crippen molar-refractivity contribution in [2.75, 3.05) is 5.73 Å². The first-order valence-corrected chi connectivity index (χ1v) is 5.77. The van der Waals surface area contributed by atoms with Crippen molar-refractivity contribution in [2.24, 2.45) is 0 Å². The quantitative estimate of drug-likeness (QED) is 0.721. The van der Waals surface area contributed by atoms with E-state index in [2.05, 4.69) is 20.1 Å². The third-order valence-electron chi connectivity index (χ3n) is 2.39. The van der Waals surface area contributed by atoms with Crippen molar-refractivity contribution >= 4 is 17.3 Å². The zero-order chi connectivity index (χ0) is 13.2. The van der Waals surface area contributed by atoms with E-state index in [0.29, 0.717) is 33.7 Å². The second-order valence-corrected chi connectivity index (χ2v) is 4.22. The van der Waals surface area contributed by atoms with Gasteiger partial charge >= 0.3 is 0 Å². The molecule has 6 nitrogen and oxygen atoms in total. The molecule has 2 N–H and O–H groups in total. The van der Waals surface area contributed by atoms with Gasteiger partial charge in [0.2, 0.25) is 5.82 Å². The fourth-order valence-corrected chi connectivity index (χ4v) is 1.84. The maximum atomic E-state index is 5.93. The molecule has 0 radical (unpaired) electrons. The maximum absolute atomic E-state index is 5.93. The van der Waals surface area contributed by atoms with Crippen molar-refractivity contribution < 1.29 is 4.52 Å². The van der Waals surface area contributed by atoms with E-state index < -0.39 is 0 Å². The summed E-state index contributed by atoms with van der Waals surface area (Å²) in [5.74, 6) is 0.691. The highest BCUT2D eigenvalue weighted by molar-refractivity contribution is 6.31. The Morgan fingerprint density at radius 1 is 1.16 bits per heavy atom. The SMILES string of the molecule is Nc1cc(Cl)cc(-c2nc(-c3cnccn3)no2)c1. The topological polar surface area (TPSA) is 90.7 Å². The Morgan fingerprint density at radius 2 is 2.05 bits per heavy atom. The highest BCUT2D eigenvalue weighted by Gasteiger charge is 2.12. The number of nitrogens with two attached hydrogens (primary N) is 1. The monoisotopic (exact) mass is 273 g/mol. The van der Waals surface area contributed by atoms with Crippen molar-refractivity contribution in [1.29, 1.82) is 0 Å². The predicted octanol–water partition coefficient (Wildman–Crippen LogP) is 2.43. The molecule has 0 unspecified atom stereocenters. The van der Waals surface area contributed by atoms with Gasteiger partial charge in [-0.1, -0.05) is 16.8 Å². The Hall–Kier alpha value is -2.47. The van der Waals surface area contributed by atoms with Gasteiger partial charge in [-0.05, 0) is 18.2 Å². The first kappa shape index (κ1) is 11.6. The molecule has 0 fully saturated rings. The fourth-order valence-electron chi connectivity index (χ4n) is 1.60. The Kier molecular flexibility index (Phi) is 2.85. The molecule has 7 heteroatoms. The third kappa shape index (κ3) is 2.38. The van der Waals surface area contributed by atoms with Crippen LogP contribution in [0.2, 0.25) is 5.02 Å². The standard InChI is InChI=1S/C12H8ClN5O/c13-8-3-7(4-9(14)5-8)12-17-11(18-19-12)10-6-15-1-2-16-10/h1-6H,14H2. The molecule has 0 bridgehead atoms. The molecule has 0 aliphatic carbocycles. The molecule has 0 amide bonds. The van der Waals surface area contributed by atoms with E-state index in [0.717, 1.165) is 0 Å². The smallest absolute Gasteiger partial charge is 0.258 e. The second-order valence-electron chi connectivity index (χ2n) is 3.79. The number of hydrogen-bond donors (Lipinski definition) is 1. The summed E-state index contributed by atoms with van der Waals surface area (Å²) in [6.45, 7) is 0. The number of nitrogen functional groups attached to an aromatic ring is 1. The number of rotatable bonds is 2. The molecule has 3 aromatic rings. The zero-order valence-electron chi connectivity index (χ0n) is 9.62. The van der Waals surface area contributed by atoms with Gasteiger partial charge in [0, 0.05) is 28.7 Å². The zero-order valence-corrected chi connectivity index (χ0v) is 10.4. The van der Waals surface area contributed by atoms with E-state index in [9.17, 15) is 0 Å². The van der Waals surface area contributed by atoms with Gasteiger partial charge in [0.05, 0.1) is 6.20 Å². The van der Waals surface area contributed by atoms with E-state index in [-0.39, 0.29) is 0 Å². The van der Waals surface area contributed by atoms with Crippen LogP contribution in [0.3, 0.4) is 0 Å². The van der Waals surface area contributed by atoms with Crippen LogP contribution in [-0.2, 0) is 0 Å². The van der Waals surface area contributed by atoms with Crippen molar-refractivity contribution in [3.63, 3.8) is 0 Å². The number of benzene rings is 1. The van der Waals surface area contributed by atoms with Crippen molar-refractivity contribution in [2.45, 2.75) is 0 Å². The Balaban J connectivity index is 2.02. The largest absolute Gasteiger partial charge is 0.399 e. The summed E-state index contributed by atoms with van der Waals surface area (Å²) >= 11 is 5.93. The highest BCUT2D eigenvalue weighted by Crippen LogP contribution is 2.26. The number of nitrogens with zero attached hydrogens (tertiary/aromatic N) is 4. The fraction of sp³-hybridized carbons (Fsp3) is 0. The van der Waals surface area contributed by atoms with E-state index in [4.69, 9.17) is 21.9 Å². The molecule has 0 saturated carbocycles. The van der Waals surface area contributed by atoms with Crippen LogP contribution in [-0.4, -0.2) is 20.1 Å². The van der Waals surface area contributed by atoms with Crippen molar-refractivity contribution in [1.82, 2.24) is 20.1 Å². The van der Waals surface area contributed by atoms with Crippen LogP contribution >= 0.6 is 11.6 Å². The predicted molar refractivity (Wildman–Crippen MR) is 70.2 cm³/mol. The van der Waals surface area contributed by atoms with Gasteiger partial charge in [-0.3, -0.25) is 4.98 Å². The van der Waals surface area contributed by atoms with Crippen molar-refractivity contribution in [3.8, 4) is 23.0 Å². The molecule has 0 spiro atoms. The summed E-state index contributed by atoms with van der Waals surface area (Å²) in [6, 6.07) is 5.05. The summed E-state index contributed by atoms with van der Waals surface area (Å²) < 4.78 is 5.17. The highest BCUT2D eigenvalue weighted by atomic mass is 35.5. The average molecular weight is 274 g/mol. The summed E-state index contributed by atoms with van der Waals surface area (Å²) in [6.07, 6.45) is 4.69. The Bertz CT molecular complexity index is 693. The average Bonchev–Trinajstić information content (AvgIpc) is 2.88. The molecule has 94 valence electrons. The van der Waals surface area contributed by atoms with E-state index in [1.54, 1.807) is 36.8 Å². The summed E-state index contributed by atoms with van der Waals surface area (Å²) in [7, 11) is 0. The lowest BCUT2D eigenvalue weighted by atomic mass is 10.2. The third-order valence-corrected chi connectivity index (χ3v) is 2.60. The van der Waals surface area contributed by atoms with Crippen molar-refractivity contribution in [3.05, 3.63) is 41.8 Å². The lowest BCUT2D eigenvalue weighted by Crippen LogP contribution is -1.88. The van der Waals surface area contributed by atoms with Crippen LogP contribution < -0.4 is 5.73 Å². The summed E-state index contributed by atoms with van der Waals surface area (Å²) in [4.78, 5) is 12.3. The van der Waals surface area contributed by atoms with Gasteiger partial charge in [0.1, 0.15) is 5.69 Å². The molecule has 0 aliphatic rings. The molecule has 0 aliphatic heterocycles. The van der Waals surface area contributed by atoms with Gasteiger partial charge in [0.25, 0.3) is 5.89 Å². The lowest BCUT2D eigenvalue weighted by Gasteiger charge is -1.98. The number of hydrogen-bond acceptors (Lipinski definition) is 6. The number of anilines is 1. The minimum absolute atomic E-state index is 0.329. The maximum Gasteiger partial charge on any atom is 0.258 e. The minimum atomic E-state index is 0.329. The molecule has 19 heavy (non-hydrogen) atoms. The molecule has 1 aromatic carbocycles. The molecule has 3 rings (SSSR count). The first-order chi connectivity index (χ1) is 9.22. The Morgan fingerprint density at radius 3 is 2.79 bits per heavy atom. The Labute approximate surface area is 113 Å². The van der Waals surface area contributed by atoms with Crippen LogP contribution in [0.15, 0.2) is 41.3 Å². The number of halogens is 1. The minimum Gasteiger partial charge on any atom is -0.399 e. The van der Waals surface area contributed by atoms with Crippen LogP contribution in [0.25, 0.3) is 23.0 Å². The van der Waals surface area contributed by atoms with E-state index in [1.807, 2.05) is 0 Å². The summed E-state index contributed by atoms with van der Waals surface area (Å²) in [5.41, 5.74) is 7.44. The molecular weight excluding hydrogens is 266 g/mol. The van der Waals surface area contributed by atoms with Crippen LogP contribution in [0, 0.1) is 0 Å². The normalized spacial score (nSPS) is 10.6. The van der Waals surface area contributed by atoms with Gasteiger partial charge < -0.3 is 10.3 Å². The van der Waals surface area contributed by atoms with Crippen LogP contribution in [0.5, 0.6) is 0 Å².